The van der Waals surface area contributed by atoms with Gasteiger partial charge in [-0.1, -0.05) is 0 Å². The van der Waals surface area contributed by atoms with Gasteiger partial charge in [0.1, 0.15) is 5.82 Å². The topological polar surface area (TPSA) is 97.4 Å². The maximum Gasteiger partial charge on any atom is 0.417 e. The van der Waals surface area contributed by atoms with Crippen LogP contribution in [0.4, 0.5) is 23.8 Å². The van der Waals surface area contributed by atoms with E-state index >= 15 is 0 Å². The predicted octanol–water partition coefficient (Wildman–Crippen LogP) is 0.909. The smallest absolute Gasteiger partial charge is 0.354 e. The Bertz CT molecular complexity index is 1050. The summed E-state index contributed by atoms with van der Waals surface area (Å²) in [4.78, 5) is 34.7. The molecule has 4 heterocycles. The van der Waals surface area contributed by atoms with Gasteiger partial charge in [0.2, 0.25) is 10.0 Å². The number of piperazine rings is 1. The lowest BCUT2D eigenvalue weighted by atomic mass is 10.0. The van der Waals surface area contributed by atoms with Crippen LogP contribution in [0.25, 0.3) is 0 Å². The minimum Gasteiger partial charge on any atom is -0.354 e. The van der Waals surface area contributed by atoms with E-state index in [2.05, 4.69) is 9.88 Å². The van der Waals surface area contributed by atoms with Crippen molar-refractivity contribution in [3.05, 3.63) is 23.9 Å². The summed E-state index contributed by atoms with van der Waals surface area (Å²) in [5.41, 5.74) is -0.776. The number of urea groups is 1. The van der Waals surface area contributed by atoms with Crippen molar-refractivity contribution in [2.45, 2.75) is 30.3 Å². The van der Waals surface area contributed by atoms with Crippen molar-refractivity contribution in [1.82, 2.24) is 24.0 Å². The molecule has 0 radical (unpaired) electrons. The number of hydrogen-bond donors (Lipinski definition) is 0. The van der Waals surface area contributed by atoms with Crippen LogP contribution in [-0.4, -0.2) is 116 Å². The number of carbonyl (C=O) groups excluding carboxylic acids is 2. The molecular formula is C21H29F3N6O4S. The Kier molecular flexibility index (Phi) is 6.99. The van der Waals surface area contributed by atoms with Crippen molar-refractivity contribution < 1.29 is 31.2 Å². The Morgan fingerprint density at radius 2 is 1.60 bits per heavy atom. The zero-order valence-electron chi connectivity index (χ0n) is 19.6. The molecule has 0 N–H and O–H groups in total. The van der Waals surface area contributed by atoms with Gasteiger partial charge < -0.3 is 9.80 Å². The van der Waals surface area contributed by atoms with Crippen molar-refractivity contribution in [3.8, 4) is 0 Å². The molecule has 1 atom stereocenters. The summed E-state index contributed by atoms with van der Waals surface area (Å²) in [5, 5.41) is -1.30. The minimum absolute atomic E-state index is 0.162. The quantitative estimate of drug-likeness (QED) is 0.585. The summed E-state index contributed by atoms with van der Waals surface area (Å²) >= 11 is 0. The zero-order valence-corrected chi connectivity index (χ0v) is 20.4. The molecule has 1 aromatic rings. The van der Waals surface area contributed by atoms with Crippen LogP contribution < -0.4 is 4.90 Å². The molecule has 1 unspecified atom stereocenters. The Morgan fingerprint density at radius 1 is 0.971 bits per heavy atom. The standard InChI is InChI=1S/C21H29F3N6O4S/c1-26-14-17(19(31)27(2)20(26)32)35(33,34)30-7-5-16(6-8-30)28-9-11-29(12-10-28)18-4-3-15(13-25-18)21(22,23)24/h3-4,13,16-17H,5-12,14H2,1-2H3. The maximum atomic E-state index is 13.2. The lowest BCUT2D eigenvalue weighted by molar-refractivity contribution is -0.137. The number of aromatic nitrogens is 1. The fraction of sp³-hybridized carbons (Fsp3) is 0.667. The molecule has 0 aromatic carbocycles. The van der Waals surface area contributed by atoms with Gasteiger partial charge in [0.25, 0.3) is 5.91 Å². The van der Waals surface area contributed by atoms with Gasteiger partial charge in [0, 0.05) is 72.1 Å². The maximum absolute atomic E-state index is 13.2. The number of imide groups is 1. The fourth-order valence-electron chi connectivity index (χ4n) is 4.89. The van der Waals surface area contributed by atoms with Crippen LogP contribution in [0.2, 0.25) is 0 Å². The van der Waals surface area contributed by atoms with E-state index < -0.39 is 39.0 Å². The molecule has 3 fully saturated rings. The third-order valence-electron chi connectivity index (χ3n) is 7.03. The van der Waals surface area contributed by atoms with E-state index in [4.69, 9.17) is 0 Å². The number of hydrogen-bond acceptors (Lipinski definition) is 7. The highest BCUT2D eigenvalue weighted by Gasteiger charge is 2.46. The molecule has 3 saturated heterocycles. The highest BCUT2D eigenvalue weighted by atomic mass is 32.2. The summed E-state index contributed by atoms with van der Waals surface area (Å²) in [6, 6.07) is 2.08. The van der Waals surface area contributed by atoms with Crippen LogP contribution in [0.15, 0.2) is 18.3 Å². The van der Waals surface area contributed by atoms with E-state index in [0.29, 0.717) is 57.9 Å². The van der Waals surface area contributed by atoms with Crippen LogP contribution in [0.3, 0.4) is 0 Å². The first kappa shape index (κ1) is 25.6. The van der Waals surface area contributed by atoms with E-state index in [0.717, 1.165) is 17.2 Å². The summed E-state index contributed by atoms with van der Waals surface area (Å²) in [5.74, 6) is -0.202. The molecule has 10 nitrogen and oxygen atoms in total. The molecule has 4 rings (SSSR count). The van der Waals surface area contributed by atoms with Crippen LogP contribution in [0.5, 0.6) is 0 Å². The molecule has 14 heteroatoms. The van der Waals surface area contributed by atoms with Crippen LogP contribution in [0.1, 0.15) is 18.4 Å². The highest BCUT2D eigenvalue weighted by molar-refractivity contribution is 7.90. The third kappa shape index (κ3) is 5.09. The second kappa shape index (κ2) is 9.54. The first-order valence-electron chi connectivity index (χ1n) is 11.4. The number of alkyl halides is 3. The molecule has 0 aliphatic carbocycles. The Morgan fingerprint density at radius 3 is 2.14 bits per heavy atom. The number of anilines is 1. The van der Waals surface area contributed by atoms with Gasteiger partial charge in [-0.2, -0.15) is 13.2 Å². The minimum atomic E-state index is -4.42. The van der Waals surface area contributed by atoms with E-state index in [1.807, 2.05) is 4.90 Å². The van der Waals surface area contributed by atoms with E-state index in [9.17, 15) is 31.2 Å². The molecule has 1 aromatic heterocycles. The number of piperidine rings is 1. The third-order valence-corrected chi connectivity index (χ3v) is 9.19. The molecule has 0 saturated carbocycles. The van der Waals surface area contributed by atoms with Gasteiger partial charge in [-0.25, -0.2) is 22.5 Å². The number of amides is 3. The van der Waals surface area contributed by atoms with E-state index in [1.54, 1.807) is 0 Å². The summed E-state index contributed by atoms with van der Waals surface area (Å²) in [7, 11) is -1.14. The van der Waals surface area contributed by atoms with Crippen molar-refractivity contribution in [2.24, 2.45) is 0 Å². The lowest BCUT2D eigenvalue weighted by Gasteiger charge is -2.43. The van der Waals surface area contributed by atoms with Gasteiger partial charge in [0.05, 0.1) is 5.56 Å². The van der Waals surface area contributed by atoms with Crippen molar-refractivity contribution in [2.75, 3.05) is 64.8 Å². The molecule has 194 valence electrons. The molecule has 3 aliphatic rings. The molecule has 0 spiro atoms. The van der Waals surface area contributed by atoms with Crippen LogP contribution in [0, 0.1) is 0 Å². The first-order valence-corrected chi connectivity index (χ1v) is 12.9. The highest BCUT2D eigenvalue weighted by Crippen LogP contribution is 2.30. The van der Waals surface area contributed by atoms with E-state index in [1.165, 1.54) is 29.4 Å². The number of halogens is 3. The van der Waals surface area contributed by atoms with Crippen molar-refractivity contribution in [3.63, 3.8) is 0 Å². The van der Waals surface area contributed by atoms with Crippen molar-refractivity contribution >= 4 is 27.8 Å². The fourth-order valence-corrected chi connectivity index (χ4v) is 6.80. The summed E-state index contributed by atoms with van der Waals surface area (Å²) in [6.07, 6.45) is -2.34. The van der Waals surface area contributed by atoms with Gasteiger partial charge in [0.15, 0.2) is 5.25 Å². The molecular weight excluding hydrogens is 489 g/mol. The van der Waals surface area contributed by atoms with Gasteiger partial charge in [-0.15, -0.1) is 0 Å². The zero-order chi connectivity index (χ0) is 25.5. The second-order valence-corrected chi connectivity index (χ2v) is 11.3. The van der Waals surface area contributed by atoms with E-state index in [-0.39, 0.29) is 12.6 Å². The normalized spacial score (nSPS) is 24.4. The average Bonchev–Trinajstić information content (AvgIpc) is 2.84. The molecule has 0 bridgehead atoms. The number of pyridine rings is 1. The Hall–Kier alpha value is -2.45. The Balaban J connectivity index is 1.30. The molecule has 35 heavy (non-hydrogen) atoms. The molecule has 3 amide bonds. The summed E-state index contributed by atoms with van der Waals surface area (Å²) < 4.78 is 66.0. The monoisotopic (exact) mass is 518 g/mol. The lowest BCUT2D eigenvalue weighted by Crippen LogP contribution is -2.61. The largest absolute Gasteiger partial charge is 0.417 e. The SMILES string of the molecule is CN1CC(S(=O)(=O)N2CCC(N3CCN(c4ccc(C(F)(F)F)cn4)CC3)CC2)C(=O)N(C)C1=O. The number of nitrogens with zero attached hydrogens (tertiary/aromatic N) is 6. The predicted molar refractivity (Wildman–Crippen MR) is 121 cm³/mol. The van der Waals surface area contributed by atoms with Gasteiger partial charge in [-0.05, 0) is 25.0 Å². The first-order chi connectivity index (χ1) is 16.4. The molecule has 3 aliphatic heterocycles. The second-order valence-electron chi connectivity index (χ2n) is 9.15. The number of rotatable bonds is 4. The van der Waals surface area contributed by atoms with Crippen LogP contribution in [-0.2, 0) is 21.0 Å². The summed E-state index contributed by atoms with van der Waals surface area (Å²) in [6.45, 7) is 3.03. The van der Waals surface area contributed by atoms with Crippen LogP contribution >= 0.6 is 0 Å². The number of carbonyl (C=O) groups is 2. The van der Waals surface area contributed by atoms with Crippen molar-refractivity contribution in [1.29, 1.82) is 0 Å². The number of sulfonamides is 1. The van der Waals surface area contributed by atoms with Gasteiger partial charge >= 0.3 is 12.2 Å². The average molecular weight is 519 g/mol. The van der Waals surface area contributed by atoms with Gasteiger partial charge in [-0.3, -0.25) is 14.6 Å². The Labute approximate surface area is 202 Å².